The zero-order valence-corrected chi connectivity index (χ0v) is 8.50. The zero-order chi connectivity index (χ0) is 9.59. The van der Waals surface area contributed by atoms with E-state index in [4.69, 9.17) is 39.5 Å². The molecule has 1 aromatic rings. The Labute approximate surface area is 89.3 Å². The molecule has 0 fully saturated rings. The maximum Gasteiger partial charge on any atom is 0.340 e. The molecule has 68 valence electrons. The lowest BCUT2D eigenvalue weighted by atomic mass is 10.1. The van der Waals surface area contributed by atoms with Crippen molar-refractivity contribution in [3.8, 4) is 0 Å². The summed E-state index contributed by atoms with van der Waals surface area (Å²) in [6.45, 7) is 0.171. The quantitative estimate of drug-likeness (QED) is 0.511. The number of halogens is 3. The van der Waals surface area contributed by atoms with Gasteiger partial charge in [-0.1, -0.05) is 34.8 Å². The number of fused-ring (bicyclic) bond motifs is 1. The van der Waals surface area contributed by atoms with Gasteiger partial charge in [0.2, 0.25) is 0 Å². The lowest BCUT2D eigenvalue weighted by molar-refractivity contribution is 0.0535. The summed E-state index contributed by atoms with van der Waals surface area (Å²) in [6.07, 6.45) is 0. The van der Waals surface area contributed by atoms with Crippen LogP contribution in [-0.2, 0) is 11.3 Å². The first kappa shape index (κ1) is 9.13. The summed E-state index contributed by atoms with van der Waals surface area (Å²) in [7, 11) is 0. The van der Waals surface area contributed by atoms with Crippen LogP contribution >= 0.6 is 34.8 Å². The third-order valence-electron chi connectivity index (χ3n) is 1.82. The van der Waals surface area contributed by atoms with Crippen LogP contribution in [0, 0.1) is 0 Å². The van der Waals surface area contributed by atoms with Gasteiger partial charge in [-0.3, -0.25) is 0 Å². The van der Waals surface area contributed by atoms with Crippen molar-refractivity contribution < 1.29 is 9.53 Å². The van der Waals surface area contributed by atoms with E-state index in [0.29, 0.717) is 16.1 Å². The normalized spacial score (nSPS) is 14.2. The first-order valence-corrected chi connectivity index (χ1v) is 4.58. The second-order valence-corrected chi connectivity index (χ2v) is 3.78. The molecule has 0 unspecified atom stereocenters. The molecule has 0 atom stereocenters. The minimum Gasteiger partial charge on any atom is -0.457 e. The van der Waals surface area contributed by atoms with E-state index in [1.165, 1.54) is 6.07 Å². The van der Waals surface area contributed by atoms with Crippen molar-refractivity contribution in [3.05, 3.63) is 32.3 Å². The SMILES string of the molecule is O=C1OCc2c(Cl)cc(Cl)c(Cl)c21. The van der Waals surface area contributed by atoms with E-state index in [-0.39, 0.29) is 16.7 Å². The molecule has 0 aromatic heterocycles. The Hall–Kier alpha value is -0.440. The lowest BCUT2D eigenvalue weighted by Gasteiger charge is -2.02. The predicted molar refractivity (Wildman–Crippen MR) is 50.6 cm³/mol. The van der Waals surface area contributed by atoms with Crippen LogP contribution < -0.4 is 0 Å². The lowest BCUT2D eigenvalue weighted by Crippen LogP contribution is -1.95. The molecule has 0 saturated heterocycles. The van der Waals surface area contributed by atoms with Crippen molar-refractivity contribution in [1.82, 2.24) is 0 Å². The zero-order valence-electron chi connectivity index (χ0n) is 6.23. The minimum absolute atomic E-state index is 0.171. The number of hydrogen-bond donors (Lipinski definition) is 0. The predicted octanol–water partition coefficient (Wildman–Crippen LogP) is 3.32. The number of benzene rings is 1. The van der Waals surface area contributed by atoms with Crippen LogP contribution in [0.1, 0.15) is 15.9 Å². The molecule has 1 aromatic carbocycles. The average molecular weight is 237 g/mol. The molecular weight excluding hydrogens is 234 g/mol. The van der Waals surface area contributed by atoms with Crippen molar-refractivity contribution in [2.45, 2.75) is 6.61 Å². The highest BCUT2D eigenvalue weighted by Gasteiger charge is 2.28. The van der Waals surface area contributed by atoms with Gasteiger partial charge in [-0.2, -0.15) is 0 Å². The highest BCUT2D eigenvalue weighted by Crippen LogP contribution is 2.37. The largest absolute Gasteiger partial charge is 0.457 e. The molecule has 13 heavy (non-hydrogen) atoms. The van der Waals surface area contributed by atoms with Gasteiger partial charge in [-0.25, -0.2) is 4.79 Å². The maximum atomic E-state index is 11.2. The number of cyclic esters (lactones) is 1. The van der Waals surface area contributed by atoms with Crippen LogP contribution in [0.5, 0.6) is 0 Å². The first-order chi connectivity index (χ1) is 6.11. The Balaban J connectivity index is 2.77. The van der Waals surface area contributed by atoms with E-state index in [9.17, 15) is 4.79 Å². The molecule has 0 aliphatic carbocycles. The van der Waals surface area contributed by atoms with Crippen molar-refractivity contribution in [1.29, 1.82) is 0 Å². The molecule has 1 aliphatic rings. The molecule has 2 nitrogen and oxygen atoms in total. The third-order valence-corrected chi connectivity index (χ3v) is 2.95. The van der Waals surface area contributed by atoms with Crippen LogP contribution in [0.3, 0.4) is 0 Å². The van der Waals surface area contributed by atoms with Crippen molar-refractivity contribution in [2.24, 2.45) is 0 Å². The van der Waals surface area contributed by atoms with E-state index < -0.39 is 5.97 Å². The maximum absolute atomic E-state index is 11.2. The summed E-state index contributed by atoms with van der Waals surface area (Å²) in [5.41, 5.74) is 0.903. The number of carbonyl (C=O) groups is 1. The Morgan fingerprint density at radius 2 is 1.92 bits per heavy atom. The van der Waals surface area contributed by atoms with Gasteiger partial charge >= 0.3 is 5.97 Å². The van der Waals surface area contributed by atoms with Gasteiger partial charge in [-0.15, -0.1) is 0 Å². The fourth-order valence-electron chi connectivity index (χ4n) is 1.20. The molecule has 0 saturated carbocycles. The number of esters is 1. The van der Waals surface area contributed by atoms with E-state index in [1.54, 1.807) is 0 Å². The number of hydrogen-bond acceptors (Lipinski definition) is 2. The third kappa shape index (κ3) is 1.30. The van der Waals surface area contributed by atoms with Crippen LogP contribution in [-0.4, -0.2) is 5.97 Å². The second kappa shape index (κ2) is 3.05. The fraction of sp³-hybridized carbons (Fsp3) is 0.125. The summed E-state index contributed by atoms with van der Waals surface area (Å²) in [5.74, 6) is -0.468. The summed E-state index contributed by atoms with van der Waals surface area (Å²) in [5, 5.41) is 0.892. The second-order valence-electron chi connectivity index (χ2n) is 2.58. The fourth-order valence-corrected chi connectivity index (χ4v) is 1.96. The molecule has 0 spiro atoms. The molecule has 0 bridgehead atoms. The topological polar surface area (TPSA) is 26.3 Å². The van der Waals surface area contributed by atoms with Gasteiger partial charge in [0, 0.05) is 10.6 Å². The Morgan fingerprint density at radius 3 is 2.62 bits per heavy atom. The Bertz CT molecular complexity index is 401. The standard InChI is InChI=1S/C8H3Cl3O2/c9-4-1-5(10)7(11)6-3(4)2-13-8(6)12/h1H,2H2. The summed E-state index contributed by atoms with van der Waals surface area (Å²) in [6, 6.07) is 1.51. The summed E-state index contributed by atoms with van der Waals surface area (Å²) >= 11 is 17.4. The van der Waals surface area contributed by atoms with Gasteiger partial charge < -0.3 is 4.74 Å². The molecule has 2 rings (SSSR count). The van der Waals surface area contributed by atoms with Gasteiger partial charge in [0.25, 0.3) is 0 Å². The van der Waals surface area contributed by atoms with E-state index in [0.717, 1.165) is 0 Å². The van der Waals surface area contributed by atoms with Crippen LogP contribution in [0.4, 0.5) is 0 Å². The highest BCUT2D eigenvalue weighted by atomic mass is 35.5. The summed E-state index contributed by atoms with van der Waals surface area (Å²) < 4.78 is 4.77. The first-order valence-electron chi connectivity index (χ1n) is 3.44. The molecule has 0 amide bonds. The van der Waals surface area contributed by atoms with E-state index in [2.05, 4.69) is 0 Å². The molecular formula is C8H3Cl3O2. The van der Waals surface area contributed by atoms with Crippen LogP contribution in [0.2, 0.25) is 15.1 Å². The van der Waals surface area contributed by atoms with Gasteiger partial charge in [0.15, 0.2) is 0 Å². The number of carbonyl (C=O) groups excluding carboxylic acids is 1. The van der Waals surface area contributed by atoms with Crippen molar-refractivity contribution >= 4 is 40.8 Å². The van der Waals surface area contributed by atoms with Gasteiger partial charge in [0.05, 0.1) is 15.6 Å². The van der Waals surface area contributed by atoms with Gasteiger partial charge in [0.1, 0.15) is 6.61 Å². The molecule has 0 radical (unpaired) electrons. The molecule has 5 heteroatoms. The molecule has 0 N–H and O–H groups in total. The van der Waals surface area contributed by atoms with Crippen molar-refractivity contribution in [2.75, 3.05) is 0 Å². The average Bonchev–Trinajstić information content (AvgIpc) is 2.44. The monoisotopic (exact) mass is 236 g/mol. The number of ether oxygens (including phenoxy) is 1. The minimum atomic E-state index is -0.468. The highest BCUT2D eigenvalue weighted by molar-refractivity contribution is 6.45. The van der Waals surface area contributed by atoms with Crippen LogP contribution in [0.25, 0.3) is 0 Å². The van der Waals surface area contributed by atoms with Crippen molar-refractivity contribution in [3.63, 3.8) is 0 Å². The Kier molecular flexibility index (Phi) is 2.14. The van der Waals surface area contributed by atoms with Crippen LogP contribution in [0.15, 0.2) is 6.07 Å². The van der Waals surface area contributed by atoms with E-state index >= 15 is 0 Å². The van der Waals surface area contributed by atoms with E-state index in [1.807, 2.05) is 0 Å². The Morgan fingerprint density at radius 1 is 1.23 bits per heavy atom. The summed E-state index contributed by atoms with van der Waals surface area (Å²) in [4.78, 5) is 11.2. The molecule has 1 heterocycles. The van der Waals surface area contributed by atoms with Gasteiger partial charge in [-0.05, 0) is 6.07 Å². The smallest absolute Gasteiger partial charge is 0.340 e. The number of rotatable bonds is 0. The molecule has 1 aliphatic heterocycles.